The number of hydrogen-bond donors (Lipinski definition) is 0. The largest absolute Gasteiger partial charge is 0.456 e. The van der Waals surface area contributed by atoms with Gasteiger partial charge in [0.15, 0.2) is 17.5 Å². The minimum atomic E-state index is -3.76. The van der Waals surface area contributed by atoms with Crippen LogP contribution in [0.25, 0.3) is 67.2 Å². The molecule has 1 aliphatic heterocycles. The molecule has 0 atom stereocenters. The Bertz CT molecular complexity index is 3290. The van der Waals surface area contributed by atoms with Gasteiger partial charge in [0.25, 0.3) is 0 Å². The second kappa shape index (κ2) is 13.6. The van der Waals surface area contributed by atoms with Gasteiger partial charge in [0.2, 0.25) is 9.84 Å². The maximum absolute atomic E-state index is 14.2. The lowest BCUT2D eigenvalue weighted by Crippen LogP contribution is -2.37. The van der Waals surface area contributed by atoms with Crippen molar-refractivity contribution >= 4 is 31.8 Å². The summed E-state index contributed by atoms with van der Waals surface area (Å²) in [4.78, 5) is 15.6. The van der Waals surface area contributed by atoms with Gasteiger partial charge in [-0.25, -0.2) is 23.4 Å². The second-order valence-electron chi connectivity index (χ2n) is 14.8. The molecule has 0 unspecified atom stereocenters. The van der Waals surface area contributed by atoms with Crippen LogP contribution in [0.4, 0.5) is 0 Å². The first kappa shape index (κ1) is 34.7. The van der Waals surface area contributed by atoms with Crippen LogP contribution in [0.3, 0.4) is 0 Å². The summed E-state index contributed by atoms with van der Waals surface area (Å²) in [5.41, 5.74) is 8.69. The third kappa shape index (κ3) is 5.54. The van der Waals surface area contributed by atoms with Crippen molar-refractivity contribution < 1.29 is 12.8 Å². The lowest BCUT2D eigenvalue weighted by Gasteiger charge is -2.41. The zero-order valence-corrected chi connectivity index (χ0v) is 32.3. The Morgan fingerprint density at radius 3 is 1.56 bits per heavy atom. The first-order valence-corrected chi connectivity index (χ1v) is 20.9. The van der Waals surface area contributed by atoms with E-state index < -0.39 is 15.3 Å². The molecule has 11 rings (SSSR count). The predicted octanol–water partition coefficient (Wildman–Crippen LogP) is 12.0. The summed E-state index contributed by atoms with van der Waals surface area (Å²) < 4.78 is 34.5. The summed E-state index contributed by atoms with van der Waals surface area (Å²) in [5, 5.41) is 2.11. The highest BCUT2D eigenvalue weighted by atomic mass is 32.2. The average Bonchev–Trinajstić information content (AvgIpc) is 3.68. The van der Waals surface area contributed by atoms with Gasteiger partial charge in [-0.15, -0.1) is 0 Å². The number of rotatable bonds is 6. The molecular weight excluding hydrogens is 747 g/mol. The van der Waals surface area contributed by atoms with E-state index in [1.807, 2.05) is 115 Å². The Morgan fingerprint density at radius 2 is 0.864 bits per heavy atom. The topological polar surface area (TPSA) is 86.0 Å². The average molecular weight is 780 g/mol. The molecule has 0 saturated carbocycles. The van der Waals surface area contributed by atoms with Crippen molar-refractivity contribution in [3.05, 3.63) is 222 Å². The van der Waals surface area contributed by atoms with Crippen molar-refractivity contribution in [2.75, 3.05) is 0 Å². The Labute approximate surface area is 341 Å². The molecule has 59 heavy (non-hydrogen) atoms. The fraction of sp³-hybridized carbons (Fsp3) is 0.0192. The van der Waals surface area contributed by atoms with E-state index in [0.29, 0.717) is 27.3 Å². The quantitative estimate of drug-likeness (QED) is 0.167. The fourth-order valence-electron chi connectivity index (χ4n) is 8.72. The van der Waals surface area contributed by atoms with E-state index in [1.165, 1.54) is 0 Å². The molecule has 3 heterocycles. The molecule has 10 aromatic rings. The van der Waals surface area contributed by atoms with E-state index in [9.17, 15) is 8.42 Å². The lowest BCUT2D eigenvalue weighted by molar-refractivity contribution is 0.579. The SMILES string of the molecule is O=S1(=O)c2ccccc2C(c2ccccc2)(c2cccc(-c3ccc(-c4nc(-c5ccccc5)nc(-c5ccc6c(c5)oc5ccccc56)n4)cc3)c2)c2ccccc21. The zero-order valence-electron chi connectivity index (χ0n) is 31.5. The summed E-state index contributed by atoms with van der Waals surface area (Å²) in [7, 11) is -3.76. The van der Waals surface area contributed by atoms with E-state index in [0.717, 1.165) is 72.0 Å². The van der Waals surface area contributed by atoms with Crippen molar-refractivity contribution in [2.45, 2.75) is 15.2 Å². The highest BCUT2D eigenvalue weighted by molar-refractivity contribution is 7.91. The Kier molecular flexibility index (Phi) is 8.00. The van der Waals surface area contributed by atoms with Crippen LogP contribution in [0.15, 0.2) is 214 Å². The summed E-state index contributed by atoms with van der Waals surface area (Å²) in [5.74, 6) is 1.68. The lowest BCUT2D eigenvalue weighted by atomic mass is 9.64. The van der Waals surface area contributed by atoms with Gasteiger partial charge in [-0.2, -0.15) is 0 Å². The second-order valence-corrected chi connectivity index (χ2v) is 16.6. The molecule has 2 aromatic heterocycles. The van der Waals surface area contributed by atoms with Gasteiger partial charge in [-0.05, 0) is 69.8 Å². The van der Waals surface area contributed by atoms with Crippen molar-refractivity contribution in [1.82, 2.24) is 15.0 Å². The number of benzene rings is 8. The van der Waals surface area contributed by atoms with Crippen LogP contribution in [0, 0.1) is 0 Å². The number of para-hydroxylation sites is 1. The predicted molar refractivity (Wildman–Crippen MR) is 233 cm³/mol. The molecule has 0 N–H and O–H groups in total. The molecule has 8 aromatic carbocycles. The molecule has 0 saturated heterocycles. The van der Waals surface area contributed by atoms with Gasteiger partial charge in [-0.3, -0.25) is 0 Å². The summed E-state index contributed by atoms with van der Waals surface area (Å²) in [6.45, 7) is 0. The molecule has 0 bridgehead atoms. The molecule has 0 fully saturated rings. The highest BCUT2D eigenvalue weighted by Gasteiger charge is 2.48. The van der Waals surface area contributed by atoms with Crippen LogP contribution in [0.5, 0.6) is 0 Å². The van der Waals surface area contributed by atoms with E-state index in [1.54, 1.807) is 24.3 Å². The number of aromatic nitrogens is 3. The molecule has 7 heteroatoms. The minimum absolute atomic E-state index is 0.321. The first-order valence-electron chi connectivity index (χ1n) is 19.4. The van der Waals surface area contributed by atoms with Crippen molar-refractivity contribution in [3.8, 4) is 45.3 Å². The van der Waals surface area contributed by atoms with Crippen LogP contribution in [-0.4, -0.2) is 23.4 Å². The van der Waals surface area contributed by atoms with Crippen LogP contribution >= 0.6 is 0 Å². The Hall–Kier alpha value is -7.48. The maximum atomic E-state index is 14.2. The van der Waals surface area contributed by atoms with Gasteiger partial charge in [0, 0.05) is 27.5 Å². The van der Waals surface area contributed by atoms with Crippen LogP contribution in [0.1, 0.15) is 22.3 Å². The molecule has 280 valence electrons. The molecule has 6 nitrogen and oxygen atoms in total. The Balaban J connectivity index is 1.03. The number of hydrogen-bond acceptors (Lipinski definition) is 6. The van der Waals surface area contributed by atoms with Crippen LogP contribution in [-0.2, 0) is 15.3 Å². The molecule has 0 spiro atoms. The van der Waals surface area contributed by atoms with Gasteiger partial charge in [0.1, 0.15) is 11.2 Å². The van der Waals surface area contributed by atoms with E-state index in [2.05, 4.69) is 60.7 Å². The van der Waals surface area contributed by atoms with E-state index in [-0.39, 0.29) is 0 Å². The van der Waals surface area contributed by atoms with Crippen LogP contribution in [0.2, 0.25) is 0 Å². The fourth-order valence-corrected chi connectivity index (χ4v) is 10.5. The maximum Gasteiger partial charge on any atom is 0.207 e. The standard InChI is InChI=1S/C52H33N3O3S/c56-59(57)47-24-11-8-21-43(47)52(39-17-5-2-6-18-39,44-22-9-12-25-48(44)59)40-19-13-16-37(32-40)34-26-28-36(29-27-34)50-53-49(35-14-3-1-4-15-35)54-51(55-50)38-30-31-42-41-20-7-10-23-45(41)58-46(42)33-38/h1-33H. The number of furan rings is 1. The Morgan fingerprint density at radius 1 is 0.373 bits per heavy atom. The smallest absolute Gasteiger partial charge is 0.207 e. The molecule has 0 aliphatic carbocycles. The minimum Gasteiger partial charge on any atom is -0.456 e. The van der Waals surface area contributed by atoms with Crippen molar-refractivity contribution in [2.24, 2.45) is 0 Å². The summed E-state index contributed by atoms with van der Waals surface area (Å²) >= 11 is 0. The van der Waals surface area contributed by atoms with Crippen molar-refractivity contribution in [3.63, 3.8) is 0 Å². The van der Waals surface area contributed by atoms with Gasteiger partial charge in [0.05, 0.1) is 15.2 Å². The van der Waals surface area contributed by atoms with Crippen LogP contribution < -0.4 is 0 Å². The third-order valence-corrected chi connectivity index (χ3v) is 13.3. The molecular formula is C52H33N3O3S. The summed E-state index contributed by atoms with van der Waals surface area (Å²) in [6, 6.07) is 65.8. The number of sulfone groups is 1. The van der Waals surface area contributed by atoms with Gasteiger partial charge < -0.3 is 4.42 Å². The summed E-state index contributed by atoms with van der Waals surface area (Å²) in [6.07, 6.45) is 0. The van der Waals surface area contributed by atoms with Gasteiger partial charge in [-0.1, -0.05) is 164 Å². The number of fused-ring (bicyclic) bond motifs is 5. The first-order chi connectivity index (χ1) is 29.0. The monoisotopic (exact) mass is 779 g/mol. The molecule has 1 aliphatic rings. The third-order valence-electron chi connectivity index (χ3n) is 11.4. The number of nitrogens with zero attached hydrogens (tertiary/aromatic N) is 3. The molecule has 0 amide bonds. The van der Waals surface area contributed by atoms with Gasteiger partial charge >= 0.3 is 0 Å². The normalized spacial score (nSPS) is 13.8. The van der Waals surface area contributed by atoms with E-state index >= 15 is 0 Å². The van der Waals surface area contributed by atoms with Crippen molar-refractivity contribution in [1.29, 1.82) is 0 Å². The zero-order chi connectivity index (χ0) is 39.6. The van der Waals surface area contributed by atoms with E-state index in [4.69, 9.17) is 19.4 Å². The molecule has 0 radical (unpaired) electrons. The highest BCUT2D eigenvalue weighted by Crippen LogP contribution is 2.53.